The third-order valence-electron chi connectivity index (χ3n) is 2.88. The summed E-state index contributed by atoms with van der Waals surface area (Å²) in [7, 11) is 0. The summed E-state index contributed by atoms with van der Waals surface area (Å²) < 4.78 is 13.8. The van der Waals surface area contributed by atoms with E-state index in [0.717, 1.165) is 24.9 Å². The molecule has 1 N–H and O–H groups in total. The average molecular weight is 343 g/mol. The zero-order valence-corrected chi connectivity index (χ0v) is 13.1. The normalized spacial score (nSPS) is 12.6. The van der Waals surface area contributed by atoms with Gasteiger partial charge in [-0.3, -0.25) is 4.98 Å². The van der Waals surface area contributed by atoms with Gasteiger partial charge in [-0.15, -0.1) is 11.3 Å². The largest absolute Gasteiger partial charge is 0.310 e. The number of hydrogen-bond donors (Lipinski definition) is 1. The summed E-state index contributed by atoms with van der Waals surface area (Å²) in [4.78, 5) is 5.33. The predicted molar refractivity (Wildman–Crippen MR) is 81.0 cm³/mol. The van der Waals surface area contributed by atoms with Crippen LogP contribution in [0.5, 0.6) is 0 Å². The molecule has 0 radical (unpaired) electrons. The van der Waals surface area contributed by atoms with Crippen molar-refractivity contribution in [2.24, 2.45) is 0 Å². The van der Waals surface area contributed by atoms with Gasteiger partial charge in [0, 0.05) is 23.5 Å². The fourth-order valence-electron chi connectivity index (χ4n) is 1.90. The summed E-state index contributed by atoms with van der Waals surface area (Å²) in [5.74, 6) is -0.226. The monoisotopic (exact) mass is 342 g/mol. The minimum absolute atomic E-state index is 0.192. The summed E-state index contributed by atoms with van der Waals surface area (Å²) in [6, 6.07) is 5.39. The first-order chi connectivity index (χ1) is 9.20. The van der Waals surface area contributed by atoms with Gasteiger partial charge in [-0.2, -0.15) is 0 Å². The lowest BCUT2D eigenvalue weighted by molar-refractivity contribution is 0.529. The van der Waals surface area contributed by atoms with E-state index < -0.39 is 0 Å². The molecule has 0 saturated heterocycles. The highest BCUT2D eigenvalue weighted by Gasteiger charge is 2.14. The Morgan fingerprint density at radius 1 is 1.47 bits per heavy atom. The van der Waals surface area contributed by atoms with Gasteiger partial charge < -0.3 is 5.32 Å². The number of nitrogens with one attached hydrogen (secondary N) is 1. The van der Waals surface area contributed by atoms with Crippen LogP contribution in [0.2, 0.25) is 0 Å². The van der Waals surface area contributed by atoms with Crippen LogP contribution in [0, 0.1) is 5.82 Å². The average Bonchev–Trinajstić information content (AvgIpc) is 2.91. The summed E-state index contributed by atoms with van der Waals surface area (Å²) in [5.41, 5.74) is 2.93. The molecule has 0 aliphatic heterocycles. The molecule has 0 aliphatic carbocycles. The van der Waals surface area contributed by atoms with Crippen LogP contribution in [-0.2, 0) is 6.42 Å². The van der Waals surface area contributed by atoms with Crippen molar-refractivity contribution in [2.75, 3.05) is 6.54 Å². The second-order valence-electron chi connectivity index (χ2n) is 4.35. The zero-order chi connectivity index (χ0) is 13.7. The van der Waals surface area contributed by atoms with E-state index in [4.69, 9.17) is 0 Å². The van der Waals surface area contributed by atoms with Crippen LogP contribution in [0.4, 0.5) is 4.39 Å². The minimum Gasteiger partial charge on any atom is -0.310 e. The van der Waals surface area contributed by atoms with E-state index in [-0.39, 0.29) is 11.9 Å². The molecule has 2 aromatic rings. The first-order valence-corrected chi connectivity index (χ1v) is 7.93. The molecule has 2 nitrogen and oxygen atoms in total. The lowest BCUT2D eigenvalue weighted by atomic mass is 10.0. The summed E-state index contributed by atoms with van der Waals surface area (Å²) >= 11 is 4.90. The van der Waals surface area contributed by atoms with Gasteiger partial charge >= 0.3 is 0 Å². The highest BCUT2D eigenvalue weighted by atomic mass is 79.9. The molecule has 0 saturated carbocycles. The number of aromatic nitrogens is 1. The molecule has 0 bridgehead atoms. The van der Waals surface area contributed by atoms with Gasteiger partial charge in [0.25, 0.3) is 0 Å². The second kappa shape index (κ2) is 7.12. The molecule has 0 spiro atoms. The lowest BCUT2D eigenvalue weighted by Gasteiger charge is -2.18. The van der Waals surface area contributed by atoms with Crippen LogP contribution in [0.15, 0.2) is 34.4 Å². The van der Waals surface area contributed by atoms with Crippen molar-refractivity contribution in [3.63, 3.8) is 0 Å². The Hall–Kier alpha value is -0.780. The molecular weight excluding hydrogens is 327 g/mol. The zero-order valence-electron chi connectivity index (χ0n) is 10.7. The van der Waals surface area contributed by atoms with Gasteiger partial charge in [-0.25, -0.2) is 4.39 Å². The SMILES string of the molecule is CCCNC(Cc1cncs1)c1ccc(F)c(Br)c1. The fraction of sp³-hybridized carbons (Fsp3) is 0.357. The van der Waals surface area contributed by atoms with Gasteiger partial charge in [0.05, 0.1) is 9.98 Å². The fourth-order valence-corrected chi connectivity index (χ4v) is 2.94. The lowest BCUT2D eigenvalue weighted by Crippen LogP contribution is -2.23. The molecule has 2 rings (SSSR count). The van der Waals surface area contributed by atoms with E-state index in [1.807, 2.05) is 23.8 Å². The quantitative estimate of drug-likeness (QED) is 0.845. The van der Waals surface area contributed by atoms with Crippen LogP contribution in [0.1, 0.15) is 29.8 Å². The molecule has 1 aromatic carbocycles. The predicted octanol–water partition coefficient (Wildman–Crippen LogP) is 4.33. The molecule has 0 aliphatic rings. The van der Waals surface area contributed by atoms with Gasteiger partial charge in [0.2, 0.25) is 0 Å². The second-order valence-corrected chi connectivity index (χ2v) is 6.18. The van der Waals surface area contributed by atoms with Crippen molar-refractivity contribution in [3.8, 4) is 0 Å². The standard InChI is InChI=1S/C14H16BrFN2S/c1-2-5-18-14(7-11-8-17-9-19-11)10-3-4-13(16)12(15)6-10/h3-4,6,8-9,14,18H,2,5,7H2,1H3. The molecule has 1 unspecified atom stereocenters. The summed E-state index contributed by atoms with van der Waals surface area (Å²) in [6.45, 7) is 3.08. The van der Waals surface area contributed by atoms with Crippen molar-refractivity contribution < 1.29 is 4.39 Å². The van der Waals surface area contributed by atoms with E-state index in [1.54, 1.807) is 11.3 Å². The topological polar surface area (TPSA) is 24.9 Å². The molecule has 5 heteroatoms. The number of hydrogen-bond acceptors (Lipinski definition) is 3. The van der Waals surface area contributed by atoms with Crippen LogP contribution < -0.4 is 5.32 Å². The Morgan fingerprint density at radius 2 is 2.32 bits per heavy atom. The van der Waals surface area contributed by atoms with Crippen LogP contribution >= 0.6 is 27.3 Å². The van der Waals surface area contributed by atoms with Gasteiger partial charge in [0.15, 0.2) is 0 Å². The van der Waals surface area contributed by atoms with E-state index in [2.05, 4.69) is 33.2 Å². The first-order valence-electron chi connectivity index (χ1n) is 6.26. The third kappa shape index (κ3) is 4.09. The minimum atomic E-state index is -0.226. The Morgan fingerprint density at radius 3 is 2.95 bits per heavy atom. The molecule has 1 aromatic heterocycles. The van der Waals surface area contributed by atoms with Crippen molar-refractivity contribution in [2.45, 2.75) is 25.8 Å². The highest BCUT2D eigenvalue weighted by molar-refractivity contribution is 9.10. The number of benzene rings is 1. The smallest absolute Gasteiger partial charge is 0.137 e. The van der Waals surface area contributed by atoms with E-state index in [1.165, 1.54) is 10.9 Å². The van der Waals surface area contributed by atoms with Crippen LogP contribution in [0.3, 0.4) is 0 Å². The van der Waals surface area contributed by atoms with Crippen LogP contribution in [-0.4, -0.2) is 11.5 Å². The third-order valence-corrected chi connectivity index (χ3v) is 4.29. The first kappa shape index (κ1) is 14.6. The molecule has 0 amide bonds. The number of rotatable bonds is 6. The molecule has 1 atom stereocenters. The molecule has 102 valence electrons. The maximum Gasteiger partial charge on any atom is 0.137 e. The molecule has 0 fully saturated rings. The highest BCUT2D eigenvalue weighted by Crippen LogP contribution is 2.25. The Kier molecular flexibility index (Phi) is 5.48. The number of halogens is 2. The van der Waals surface area contributed by atoms with Gasteiger partial charge in [-0.1, -0.05) is 13.0 Å². The van der Waals surface area contributed by atoms with E-state index >= 15 is 0 Å². The maximum absolute atomic E-state index is 13.3. The van der Waals surface area contributed by atoms with Crippen LogP contribution in [0.25, 0.3) is 0 Å². The van der Waals surface area contributed by atoms with Gasteiger partial charge in [-0.05, 0) is 46.6 Å². The molecule has 19 heavy (non-hydrogen) atoms. The van der Waals surface area contributed by atoms with Crippen molar-refractivity contribution in [3.05, 3.63) is 50.6 Å². The maximum atomic E-state index is 13.3. The summed E-state index contributed by atoms with van der Waals surface area (Å²) in [6.07, 6.45) is 3.84. The Labute approximate surface area is 125 Å². The molecule has 1 heterocycles. The van der Waals surface area contributed by atoms with E-state index in [0.29, 0.717) is 4.47 Å². The van der Waals surface area contributed by atoms with Crippen molar-refractivity contribution in [1.29, 1.82) is 0 Å². The van der Waals surface area contributed by atoms with Gasteiger partial charge in [0.1, 0.15) is 5.82 Å². The van der Waals surface area contributed by atoms with Crippen molar-refractivity contribution >= 4 is 27.3 Å². The Bertz CT molecular complexity index is 516. The molecular formula is C14H16BrFN2S. The van der Waals surface area contributed by atoms with E-state index in [9.17, 15) is 4.39 Å². The summed E-state index contributed by atoms with van der Waals surface area (Å²) in [5, 5.41) is 3.51. The number of thiazole rings is 1. The number of nitrogens with zero attached hydrogens (tertiary/aromatic N) is 1. The Balaban J connectivity index is 2.18. The van der Waals surface area contributed by atoms with Crippen molar-refractivity contribution in [1.82, 2.24) is 10.3 Å².